The third-order valence-corrected chi connectivity index (χ3v) is 7.48. The van der Waals surface area contributed by atoms with Crippen molar-refractivity contribution < 1.29 is 22.7 Å². The summed E-state index contributed by atoms with van der Waals surface area (Å²) in [5.41, 5.74) is 1.31. The van der Waals surface area contributed by atoms with E-state index in [1.165, 1.54) is 11.8 Å². The van der Waals surface area contributed by atoms with Crippen molar-refractivity contribution in [2.75, 3.05) is 26.0 Å². The molecule has 1 aromatic carbocycles. The van der Waals surface area contributed by atoms with E-state index in [1.807, 2.05) is 18.2 Å². The fourth-order valence-electron chi connectivity index (χ4n) is 5.13. The highest BCUT2D eigenvalue weighted by atomic mass is 32.2. The van der Waals surface area contributed by atoms with Crippen LogP contribution in [0.3, 0.4) is 0 Å². The van der Waals surface area contributed by atoms with Crippen LogP contribution in [0.5, 0.6) is 5.75 Å². The molecule has 1 saturated carbocycles. The van der Waals surface area contributed by atoms with Crippen molar-refractivity contribution in [1.29, 1.82) is 0 Å². The molecule has 4 aliphatic rings. The summed E-state index contributed by atoms with van der Waals surface area (Å²) in [6.45, 7) is 1.46. The molecular formula is C24H34N2O5S. The number of ether oxygens (including phenoxy) is 2. The van der Waals surface area contributed by atoms with Crippen LogP contribution >= 0.6 is 0 Å². The maximum absolute atomic E-state index is 13.0. The normalized spacial score (nSPS) is 30.8. The highest BCUT2D eigenvalue weighted by Gasteiger charge is 2.36. The first kappa shape index (κ1) is 23.3. The Morgan fingerprint density at radius 2 is 1.94 bits per heavy atom. The van der Waals surface area contributed by atoms with E-state index in [1.54, 1.807) is 11.0 Å². The first-order chi connectivity index (χ1) is 15.4. The lowest BCUT2D eigenvalue weighted by atomic mass is 9.82. The van der Waals surface area contributed by atoms with Crippen molar-refractivity contribution >= 4 is 15.9 Å². The zero-order valence-corrected chi connectivity index (χ0v) is 19.6. The fourth-order valence-corrected chi connectivity index (χ4v) is 5.95. The van der Waals surface area contributed by atoms with E-state index in [0.29, 0.717) is 38.5 Å². The van der Waals surface area contributed by atoms with Crippen LogP contribution in [0.2, 0.25) is 0 Å². The van der Waals surface area contributed by atoms with Crippen molar-refractivity contribution in [3.05, 3.63) is 42.0 Å². The van der Waals surface area contributed by atoms with Crippen LogP contribution in [0.4, 0.5) is 0 Å². The number of carbonyl (C=O) groups excluding carboxylic acids is 1. The Morgan fingerprint density at radius 3 is 2.72 bits per heavy atom. The molecule has 3 aliphatic heterocycles. The Morgan fingerprint density at radius 1 is 1.12 bits per heavy atom. The molecule has 1 aliphatic carbocycles. The van der Waals surface area contributed by atoms with Crippen molar-refractivity contribution in [3.63, 3.8) is 0 Å². The highest BCUT2D eigenvalue weighted by Crippen LogP contribution is 2.35. The van der Waals surface area contributed by atoms with Gasteiger partial charge in [0.25, 0.3) is 0 Å². The summed E-state index contributed by atoms with van der Waals surface area (Å²) in [6, 6.07) is 7.70. The minimum absolute atomic E-state index is 0.103. The standard InChI is InChI=1S/C24H34N2O5S/c1-32(28,29)25-22-8-5-14-26-23(22)17-31-20-12-10-18(11-13-20)19-6-4-7-21(16-19)30-15-3-2-9-24(26)27/h2,4,6-7,9,16,18,20,22-23,25H,3,5,8,10-15,17H2,1H3/b9-2+. The van der Waals surface area contributed by atoms with Crippen molar-refractivity contribution in [2.45, 2.75) is 69.1 Å². The molecule has 0 spiro atoms. The summed E-state index contributed by atoms with van der Waals surface area (Å²) in [6.07, 6.45) is 10.8. The number of benzene rings is 1. The third kappa shape index (κ3) is 6.11. The Bertz CT molecular complexity index is 924. The van der Waals surface area contributed by atoms with Crippen LogP contribution < -0.4 is 9.46 Å². The largest absolute Gasteiger partial charge is 0.493 e. The lowest BCUT2D eigenvalue weighted by Crippen LogP contribution is -2.58. The fraction of sp³-hybridized carbons (Fsp3) is 0.625. The van der Waals surface area contributed by atoms with Gasteiger partial charge in [-0.25, -0.2) is 13.1 Å². The second-order valence-electron chi connectivity index (χ2n) is 9.16. The van der Waals surface area contributed by atoms with Gasteiger partial charge in [0, 0.05) is 12.6 Å². The van der Waals surface area contributed by atoms with Crippen LogP contribution in [0, 0.1) is 0 Å². The van der Waals surface area contributed by atoms with Gasteiger partial charge < -0.3 is 14.4 Å². The average Bonchev–Trinajstić information content (AvgIpc) is 2.77. The minimum Gasteiger partial charge on any atom is -0.493 e. The molecule has 5 rings (SSSR count). The molecular weight excluding hydrogens is 428 g/mol. The number of carbonyl (C=O) groups is 1. The summed E-state index contributed by atoms with van der Waals surface area (Å²) >= 11 is 0. The molecule has 0 aromatic heterocycles. The average molecular weight is 463 g/mol. The Balaban J connectivity index is 1.54. The summed E-state index contributed by atoms with van der Waals surface area (Å²) in [4.78, 5) is 14.7. The van der Waals surface area contributed by atoms with Gasteiger partial charge in [-0.3, -0.25) is 4.79 Å². The molecule has 1 N–H and O–H groups in total. The molecule has 176 valence electrons. The number of sulfonamides is 1. The zero-order chi connectivity index (χ0) is 22.6. The number of piperidine rings is 1. The maximum Gasteiger partial charge on any atom is 0.246 e. The predicted octanol–water partition coefficient (Wildman–Crippen LogP) is 2.98. The van der Waals surface area contributed by atoms with Gasteiger partial charge in [0.1, 0.15) is 5.75 Å². The van der Waals surface area contributed by atoms with Gasteiger partial charge in [-0.05, 0) is 74.6 Å². The van der Waals surface area contributed by atoms with E-state index >= 15 is 0 Å². The quantitative estimate of drug-likeness (QED) is 0.730. The second-order valence-corrected chi connectivity index (χ2v) is 10.9. The number of hydrogen-bond donors (Lipinski definition) is 1. The monoisotopic (exact) mass is 462 g/mol. The van der Waals surface area contributed by atoms with E-state index in [-0.39, 0.29) is 24.1 Å². The molecule has 2 unspecified atom stereocenters. The van der Waals surface area contributed by atoms with Gasteiger partial charge in [0.15, 0.2) is 0 Å². The highest BCUT2D eigenvalue weighted by molar-refractivity contribution is 7.88. The van der Waals surface area contributed by atoms with Crippen LogP contribution in [-0.2, 0) is 19.6 Å². The van der Waals surface area contributed by atoms with Crippen molar-refractivity contribution in [2.24, 2.45) is 0 Å². The number of fused-ring (bicyclic) bond motifs is 7. The number of amides is 1. The smallest absolute Gasteiger partial charge is 0.246 e. The van der Waals surface area contributed by atoms with Gasteiger partial charge >= 0.3 is 0 Å². The van der Waals surface area contributed by atoms with Gasteiger partial charge in [-0.2, -0.15) is 0 Å². The summed E-state index contributed by atoms with van der Waals surface area (Å²) in [5, 5.41) is 0. The summed E-state index contributed by atoms with van der Waals surface area (Å²) in [7, 11) is -3.38. The van der Waals surface area contributed by atoms with Crippen molar-refractivity contribution in [3.8, 4) is 5.75 Å². The lowest BCUT2D eigenvalue weighted by molar-refractivity contribution is -0.133. The Hall–Kier alpha value is -1.90. The second kappa shape index (κ2) is 10.4. The van der Waals surface area contributed by atoms with E-state index in [0.717, 1.165) is 37.9 Å². The molecule has 0 radical (unpaired) electrons. The molecule has 2 atom stereocenters. The number of hydrogen-bond acceptors (Lipinski definition) is 5. The SMILES string of the molecule is CS(=O)(=O)NC1CCCN2C(=O)/C=C/CCOc3cccc(c3)C3CCC(CC3)OCC12. The zero-order valence-electron chi connectivity index (χ0n) is 18.7. The molecule has 1 aromatic rings. The van der Waals surface area contributed by atoms with Crippen LogP contribution in [0.1, 0.15) is 56.4 Å². The van der Waals surface area contributed by atoms with Crippen LogP contribution in [0.25, 0.3) is 0 Å². The summed E-state index contributed by atoms with van der Waals surface area (Å²) < 4.78 is 38.8. The topological polar surface area (TPSA) is 84.9 Å². The molecule has 8 heteroatoms. The molecule has 1 amide bonds. The molecule has 3 heterocycles. The van der Waals surface area contributed by atoms with E-state index in [2.05, 4.69) is 16.9 Å². The Labute approximate surface area is 191 Å². The lowest BCUT2D eigenvalue weighted by Gasteiger charge is -2.41. The first-order valence-electron chi connectivity index (χ1n) is 11.7. The van der Waals surface area contributed by atoms with Crippen LogP contribution in [0.15, 0.2) is 36.4 Å². The number of nitrogens with one attached hydrogen (secondary N) is 1. The van der Waals surface area contributed by atoms with Gasteiger partial charge in [0.05, 0.1) is 31.6 Å². The Kier molecular flexibility index (Phi) is 7.53. The first-order valence-corrected chi connectivity index (χ1v) is 13.6. The number of nitrogens with zero attached hydrogens (tertiary/aromatic N) is 1. The molecule has 4 bridgehead atoms. The molecule has 7 nitrogen and oxygen atoms in total. The predicted molar refractivity (Wildman–Crippen MR) is 123 cm³/mol. The molecule has 1 saturated heterocycles. The van der Waals surface area contributed by atoms with E-state index < -0.39 is 10.0 Å². The molecule has 32 heavy (non-hydrogen) atoms. The van der Waals surface area contributed by atoms with E-state index in [9.17, 15) is 13.2 Å². The van der Waals surface area contributed by atoms with Gasteiger partial charge in [-0.15, -0.1) is 0 Å². The van der Waals surface area contributed by atoms with Gasteiger partial charge in [-0.1, -0.05) is 18.2 Å². The van der Waals surface area contributed by atoms with Crippen LogP contribution in [-0.4, -0.2) is 63.4 Å². The van der Waals surface area contributed by atoms with Crippen molar-refractivity contribution in [1.82, 2.24) is 9.62 Å². The minimum atomic E-state index is -3.38. The number of rotatable bonds is 2. The van der Waals surface area contributed by atoms with Gasteiger partial charge in [0.2, 0.25) is 15.9 Å². The maximum atomic E-state index is 13.0. The third-order valence-electron chi connectivity index (χ3n) is 6.75. The van der Waals surface area contributed by atoms with E-state index in [4.69, 9.17) is 9.47 Å². The molecule has 2 fully saturated rings. The summed E-state index contributed by atoms with van der Waals surface area (Å²) in [5.74, 6) is 1.27.